The Morgan fingerprint density at radius 1 is 0.833 bits per heavy atom. The van der Waals surface area contributed by atoms with E-state index < -0.39 is 18.2 Å². The van der Waals surface area contributed by atoms with Gasteiger partial charge >= 0.3 is 12.2 Å². The Kier molecular flexibility index (Phi) is 17.6. The minimum atomic E-state index is -0.908. The summed E-state index contributed by atoms with van der Waals surface area (Å²) in [6.07, 6.45) is 5.34. The highest BCUT2D eigenvalue weighted by Gasteiger charge is 2.21. The highest BCUT2D eigenvalue weighted by Crippen LogP contribution is 2.06. The molecule has 11 heteroatoms. The van der Waals surface area contributed by atoms with Gasteiger partial charge in [-0.15, -0.1) is 0 Å². The number of ether oxygens (including phenoxy) is 2. The van der Waals surface area contributed by atoms with E-state index in [4.69, 9.17) is 32.4 Å². The van der Waals surface area contributed by atoms with Crippen LogP contribution in [0.5, 0.6) is 0 Å². The van der Waals surface area contributed by atoms with Crippen LogP contribution in [-0.4, -0.2) is 75.0 Å². The van der Waals surface area contributed by atoms with Gasteiger partial charge in [-0.25, -0.2) is 9.59 Å². The lowest BCUT2D eigenvalue weighted by atomic mass is 10.1. The molecular formula is C19H40N6O5. The topological polar surface area (TPSA) is 189 Å². The normalized spacial score (nSPS) is 11.6. The maximum Gasteiger partial charge on any atom is 0.410 e. The van der Waals surface area contributed by atoms with Crippen molar-refractivity contribution in [3.05, 3.63) is 0 Å². The predicted octanol–water partition coefficient (Wildman–Crippen LogP) is 0.00200. The molecular weight excluding hydrogens is 392 g/mol. The fraction of sp³-hybridized carbons (Fsp3) is 0.842. The Morgan fingerprint density at radius 3 is 2.10 bits per heavy atom. The largest absolute Gasteiger partial charge is 0.448 e. The summed E-state index contributed by atoms with van der Waals surface area (Å²) in [6, 6.07) is -0.408. The Balaban J connectivity index is 4.68. The fourth-order valence-corrected chi connectivity index (χ4v) is 2.81. The Bertz CT molecular complexity index is 480. The highest BCUT2D eigenvalue weighted by molar-refractivity contribution is 5.82. The number of hydrogen-bond donors (Lipinski definition) is 5. The third kappa shape index (κ3) is 15.8. The molecule has 0 aliphatic heterocycles. The SMILES string of the molecule is NCCCCCCCN(CC(=O)NC(CCCCN)COC(N)=O)C(=O)OCCN. The second-order valence-electron chi connectivity index (χ2n) is 7.06. The van der Waals surface area contributed by atoms with E-state index in [1.165, 1.54) is 4.90 Å². The molecule has 0 aliphatic rings. The molecule has 0 spiro atoms. The van der Waals surface area contributed by atoms with Crippen LogP contribution in [0.2, 0.25) is 0 Å². The number of primary amides is 1. The minimum absolute atomic E-state index is 0.0373. The third-order valence-corrected chi connectivity index (χ3v) is 4.37. The van der Waals surface area contributed by atoms with E-state index in [1.54, 1.807) is 0 Å². The van der Waals surface area contributed by atoms with Crippen LogP contribution in [0.4, 0.5) is 9.59 Å². The molecule has 0 radical (unpaired) electrons. The van der Waals surface area contributed by atoms with Gasteiger partial charge in [0.2, 0.25) is 5.91 Å². The molecule has 0 rings (SSSR count). The molecule has 0 saturated carbocycles. The van der Waals surface area contributed by atoms with Crippen molar-refractivity contribution in [2.24, 2.45) is 22.9 Å². The maximum atomic E-state index is 12.5. The smallest absolute Gasteiger partial charge is 0.410 e. The first-order valence-corrected chi connectivity index (χ1v) is 10.7. The molecule has 9 N–H and O–H groups in total. The van der Waals surface area contributed by atoms with Crippen LogP contribution in [0, 0.1) is 0 Å². The van der Waals surface area contributed by atoms with Crippen LogP contribution in [0.1, 0.15) is 51.4 Å². The quantitative estimate of drug-likeness (QED) is 0.187. The molecule has 11 nitrogen and oxygen atoms in total. The molecule has 1 atom stereocenters. The van der Waals surface area contributed by atoms with Gasteiger partial charge in [0, 0.05) is 13.1 Å². The number of amides is 3. The predicted molar refractivity (Wildman–Crippen MR) is 114 cm³/mol. The number of carbonyl (C=O) groups excluding carboxylic acids is 3. The lowest BCUT2D eigenvalue weighted by Crippen LogP contribution is -2.46. The number of nitrogens with two attached hydrogens (primary N) is 4. The zero-order valence-corrected chi connectivity index (χ0v) is 18.0. The van der Waals surface area contributed by atoms with Crippen LogP contribution in [0.25, 0.3) is 0 Å². The third-order valence-electron chi connectivity index (χ3n) is 4.37. The van der Waals surface area contributed by atoms with E-state index >= 15 is 0 Å². The van der Waals surface area contributed by atoms with E-state index in [2.05, 4.69) is 5.32 Å². The standard InChI is InChI=1S/C19H40N6O5/c20-9-5-2-1-3-7-12-25(19(28)29-13-11-22)14-17(26)24-16(8-4-6-10-21)15-30-18(23)27/h16H,1-15,20-22H2,(H2,23,27)(H,24,26). The van der Waals surface area contributed by atoms with E-state index in [0.29, 0.717) is 26.1 Å². The number of carbonyl (C=O) groups is 3. The second kappa shape index (κ2) is 18.9. The second-order valence-corrected chi connectivity index (χ2v) is 7.06. The number of nitrogens with zero attached hydrogens (tertiary/aromatic N) is 1. The van der Waals surface area contributed by atoms with Crippen molar-refractivity contribution in [1.82, 2.24) is 10.2 Å². The van der Waals surface area contributed by atoms with E-state index in [9.17, 15) is 14.4 Å². The summed E-state index contributed by atoms with van der Waals surface area (Å²) in [5.74, 6) is -0.367. The minimum Gasteiger partial charge on any atom is -0.448 e. The molecule has 0 aromatic carbocycles. The number of rotatable bonds is 18. The molecule has 0 saturated heterocycles. The molecule has 30 heavy (non-hydrogen) atoms. The van der Waals surface area contributed by atoms with Gasteiger partial charge in [-0.2, -0.15) is 0 Å². The van der Waals surface area contributed by atoms with Crippen LogP contribution in [-0.2, 0) is 14.3 Å². The molecule has 0 aromatic heterocycles. The lowest BCUT2D eigenvalue weighted by Gasteiger charge is -2.24. The zero-order chi connectivity index (χ0) is 22.6. The van der Waals surface area contributed by atoms with Crippen LogP contribution < -0.4 is 28.3 Å². The molecule has 0 aliphatic carbocycles. The van der Waals surface area contributed by atoms with Crippen LogP contribution in [0.15, 0.2) is 0 Å². The van der Waals surface area contributed by atoms with E-state index in [0.717, 1.165) is 44.9 Å². The van der Waals surface area contributed by atoms with Crippen LogP contribution >= 0.6 is 0 Å². The van der Waals surface area contributed by atoms with Crippen LogP contribution in [0.3, 0.4) is 0 Å². The van der Waals surface area contributed by atoms with Crippen molar-refractivity contribution in [3.8, 4) is 0 Å². The lowest BCUT2D eigenvalue weighted by molar-refractivity contribution is -0.123. The first-order chi connectivity index (χ1) is 14.4. The van der Waals surface area contributed by atoms with Gasteiger partial charge in [-0.3, -0.25) is 9.69 Å². The first kappa shape index (κ1) is 27.9. The van der Waals surface area contributed by atoms with Crippen molar-refractivity contribution < 1.29 is 23.9 Å². The van der Waals surface area contributed by atoms with Gasteiger partial charge in [-0.1, -0.05) is 25.7 Å². The fourth-order valence-electron chi connectivity index (χ4n) is 2.81. The molecule has 1 unspecified atom stereocenters. The van der Waals surface area contributed by atoms with Gasteiger partial charge < -0.3 is 37.7 Å². The summed E-state index contributed by atoms with van der Waals surface area (Å²) >= 11 is 0. The molecule has 3 amide bonds. The van der Waals surface area contributed by atoms with E-state index in [-0.39, 0.29) is 32.2 Å². The Morgan fingerprint density at radius 2 is 1.47 bits per heavy atom. The molecule has 0 fully saturated rings. The average molecular weight is 433 g/mol. The van der Waals surface area contributed by atoms with Gasteiger partial charge in [-0.05, 0) is 38.8 Å². The highest BCUT2D eigenvalue weighted by atomic mass is 16.6. The maximum absolute atomic E-state index is 12.5. The molecule has 0 heterocycles. The summed E-state index contributed by atoms with van der Waals surface area (Å²) in [6.45, 7) is 1.70. The van der Waals surface area contributed by atoms with E-state index in [1.807, 2.05) is 0 Å². The van der Waals surface area contributed by atoms with Crippen molar-refractivity contribution >= 4 is 18.1 Å². The van der Waals surface area contributed by atoms with Crippen molar-refractivity contribution in [1.29, 1.82) is 0 Å². The monoisotopic (exact) mass is 432 g/mol. The molecule has 176 valence electrons. The number of unbranched alkanes of at least 4 members (excludes halogenated alkanes) is 5. The van der Waals surface area contributed by atoms with Crippen molar-refractivity contribution in [3.63, 3.8) is 0 Å². The Hall–Kier alpha value is -2.11. The molecule has 0 aromatic rings. The van der Waals surface area contributed by atoms with Gasteiger partial charge in [0.05, 0.1) is 6.04 Å². The summed E-state index contributed by atoms with van der Waals surface area (Å²) in [4.78, 5) is 37.0. The average Bonchev–Trinajstić information content (AvgIpc) is 2.71. The summed E-state index contributed by atoms with van der Waals surface area (Å²) in [5.41, 5.74) is 21.4. The summed E-state index contributed by atoms with van der Waals surface area (Å²) < 4.78 is 9.90. The van der Waals surface area contributed by atoms with Crippen molar-refractivity contribution in [2.45, 2.75) is 57.4 Å². The molecule has 0 bridgehead atoms. The summed E-state index contributed by atoms with van der Waals surface area (Å²) in [7, 11) is 0. The first-order valence-electron chi connectivity index (χ1n) is 10.7. The Labute approximate surface area is 179 Å². The van der Waals surface area contributed by atoms with Crippen molar-refractivity contribution in [2.75, 3.05) is 45.9 Å². The van der Waals surface area contributed by atoms with Gasteiger partial charge in [0.15, 0.2) is 0 Å². The number of nitrogens with one attached hydrogen (secondary N) is 1. The van der Waals surface area contributed by atoms with Gasteiger partial charge in [0.25, 0.3) is 0 Å². The zero-order valence-electron chi connectivity index (χ0n) is 18.0. The summed E-state index contributed by atoms with van der Waals surface area (Å²) in [5, 5.41) is 2.79. The van der Waals surface area contributed by atoms with Gasteiger partial charge in [0.1, 0.15) is 19.8 Å². The number of hydrogen-bond acceptors (Lipinski definition) is 8.